The van der Waals surface area contributed by atoms with E-state index in [2.05, 4.69) is 24.3 Å². The van der Waals surface area contributed by atoms with Crippen molar-refractivity contribution in [1.29, 1.82) is 0 Å². The van der Waals surface area contributed by atoms with Gasteiger partial charge in [0, 0.05) is 0 Å². The normalized spacial score (nSPS) is 12.1. The SMILES string of the molecule is NCCCCC(Oc1ccccc1)c1ccccc1. The molecule has 0 spiro atoms. The highest BCUT2D eigenvalue weighted by molar-refractivity contribution is 5.24. The lowest BCUT2D eigenvalue weighted by Gasteiger charge is -2.19. The van der Waals surface area contributed by atoms with Gasteiger partial charge in [-0.2, -0.15) is 0 Å². The summed E-state index contributed by atoms with van der Waals surface area (Å²) in [7, 11) is 0. The lowest BCUT2D eigenvalue weighted by atomic mass is 10.0. The van der Waals surface area contributed by atoms with Crippen LogP contribution in [0.3, 0.4) is 0 Å². The summed E-state index contributed by atoms with van der Waals surface area (Å²) in [4.78, 5) is 0. The van der Waals surface area contributed by atoms with Crippen LogP contribution in [0.2, 0.25) is 0 Å². The van der Waals surface area contributed by atoms with Crippen LogP contribution >= 0.6 is 0 Å². The van der Waals surface area contributed by atoms with Crippen LogP contribution in [0.5, 0.6) is 5.75 Å². The summed E-state index contributed by atoms with van der Waals surface area (Å²) in [6.45, 7) is 0.743. The third kappa shape index (κ3) is 4.42. The molecule has 2 nitrogen and oxygen atoms in total. The van der Waals surface area contributed by atoms with E-state index >= 15 is 0 Å². The molecule has 2 heteroatoms. The molecule has 1 atom stereocenters. The lowest BCUT2D eigenvalue weighted by molar-refractivity contribution is 0.191. The van der Waals surface area contributed by atoms with Gasteiger partial charge < -0.3 is 10.5 Å². The number of rotatable bonds is 7. The Kier molecular flexibility index (Phi) is 5.45. The summed E-state index contributed by atoms with van der Waals surface area (Å²) >= 11 is 0. The monoisotopic (exact) mass is 255 g/mol. The van der Waals surface area contributed by atoms with Gasteiger partial charge in [0.25, 0.3) is 0 Å². The fraction of sp³-hybridized carbons (Fsp3) is 0.294. The van der Waals surface area contributed by atoms with Gasteiger partial charge in [0.1, 0.15) is 11.9 Å². The maximum Gasteiger partial charge on any atom is 0.124 e. The third-order valence-electron chi connectivity index (χ3n) is 3.11. The Morgan fingerprint density at radius 2 is 1.47 bits per heavy atom. The van der Waals surface area contributed by atoms with Gasteiger partial charge in [0.15, 0.2) is 0 Å². The predicted octanol–water partition coefficient (Wildman–Crippen LogP) is 3.94. The molecule has 0 aromatic heterocycles. The summed E-state index contributed by atoms with van der Waals surface area (Å²) in [5, 5.41) is 0. The van der Waals surface area contributed by atoms with Crippen LogP contribution in [0, 0.1) is 0 Å². The number of benzene rings is 2. The predicted molar refractivity (Wildman–Crippen MR) is 79.2 cm³/mol. The van der Waals surface area contributed by atoms with Gasteiger partial charge in [-0.15, -0.1) is 0 Å². The molecule has 2 aromatic carbocycles. The molecule has 100 valence electrons. The quantitative estimate of drug-likeness (QED) is 0.761. The summed E-state index contributed by atoms with van der Waals surface area (Å²) < 4.78 is 6.11. The van der Waals surface area contributed by atoms with Gasteiger partial charge >= 0.3 is 0 Å². The molecule has 2 aromatic rings. The minimum Gasteiger partial charge on any atom is -0.486 e. The fourth-order valence-electron chi connectivity index (χ4n) is 2.10. The topological polar surface area (TPSA) is 35.2 Å². The summed E-state index contributed by atoms with van der Waals surface area (Å²) in [5.41, 5.74) is 6.79. The first-order chi connectivity index (χ1) is 9.40. The van der Waals surface area contributed by atoms with E-state index in [9.17, 15) is 0 Å². The molecular weight excluding hydrogens is 234 g/mol. The van der Waals surface area contributed by atoms with Gasteiger partial charge in [-0.3, -0.25) is 0 Å². The Hall–Kier alpha value is -1.80. The molecule has 1 unspecified atom stereocenters. The van der Waals surface area contributed by atoms with E-state index in [1.54, 1.807) is 0 Å². The van der Waals surface area contributed by atoms with Crippen LogP contribution in [-0.4, -0.2) is 6.54 Å². The molecule has 2 rings (SSSR count). The summed E-state index contributed by atoms with van der Waals surface area (Å²) in [5.74, 6) is 0.920. The number of unbranched alkanes of at least 4 members (excludes halogenated alkanes) is 1. The van der Waals surface area contributed by atoms with Crippen LogP contribution in [0.25, 0.3) is 0 Å². The van der Waals surface area contributed by atoms with Crippen molar-refractivity contribution in [2.24, 2.45) is 5.73 Å². The van der Waals surface area contributed by atoms with Gasteiger partial charge in [0.2, 0.25) is 0 Å². The van der Waals surface area contributed by atoms with E-state index < -0.39 is 0 Å². The molecule has 0 bridgehead atoms. The second-order valence-corrected chi connectivity index (χ2v) is 4.61. The van der Waals surface area contributed by atoms with Crippen molar-refractivity contribution < 1.29 is 4.74 Å². The molecule has 19 heavy (non-hydrogen) atoms. The number of hydrogen-bond acceptors (Lipinski definition) is 2. The average Bonchev–Trinajstić information content (AvgIpc) is 2.48. The summed E-state index contributed by atoms with van der Waals surface area (Å²) in [6.07, 6.45) is 3.23. The van der Waals surface area contributed by atoms with E-state index in [1.807, 2.05) is 36.4 Å². The van der Waals surface area contributed by atoms with E-state index in [1.165, 1.54) is 5.56 Å². The summed E-state index contributed by atoms with van der Waals surface area (Å²) in [6, 6.07) is 20.4. The standard InChI is InChI=1S/C17H21NO/c18-14-8-7-13-17(15-9-3-1-4-10-15)19-16-11-5-2-6-12-16/h1-6,9-12,17H,7-8,13-14,18H2. The average molecular weight is 255 g/mol. The van der Waals surface area contributed by atoms with Gasteiger partial charge in [-0.05, 0) is 43.5 Å². The Labute approximate surface area is 115 Å². The molecule has 0 radical (unpaired) electrons. The van der Waals surface area contributed by atoms with Gasteiger partial charge in [-0.25, -0.2) is 0 Å². The third-order valence-corrected chi connectivity index (χ3v) is 3.11. The van der Waals surface area contributed by atoms with E-state index in [0.717, 1.165) is 31.6 Å². The molecule has 0 amide bonds. The van der Waals surface area contributed by atoms with Gasteiger partial charge in [-0.1, -0.05) is 48.5 Å². The molecule has 0 aliphatic carbocycles. The first kappa shape index (κ1) is 13.6. The zero-order valence-electron chi connectivity index (χ0n) is 11.2. The Balaban J connectivity index is 2.06. The first-order valence-electron chi connectivity index (χ1n) is 6.87. The number of nitrogens with two attached hydrogens (primary N) is 1. The van der Waals surface area contributed by atoms with Crippen molar-refractivity contribution in [3.8, 4) is 5.75 Å². The van der Waals surface area contributed by atoms with Crippen molar-refractivity contribution >= 4 is 0 Å². The second-order valence-electron chi connectivity index (χ2n) is 4.61. The Morgan fingerprint density at radius 3 is 2.11 bits per heavy atom. The van der Waals surface area contributed by atoms with E-state index in [4.69, 9.17) is 10.5 Å². The van der Waals surface area contributed by atoms with Crippen LogP contribution in [0.4, 0.5) is 0 Å². The molecule has 0 aliphatic heterocycles. The first-order valence-corrected chi connectivity index (χ1v) is 6.87. The lowest BCUT2D eigenvalue weighted by Crippen LogP contribution is -2.09. The van der Waals surface area contributed by atoms with Crippen molar-refractivity contribution in [2.75, 3.05) is 6.54 Å². The van der Waals surface area contributed by atoms with Crippen LogP contribution in [0.15, 0.2) is 60.7 Å². The zero-order valence-corrected chi connectivity index (χ0v) is 11.2. The van der Waals surface area contributed by atoms with Gasteiger partial charge in [0.05, 0.1) is 0 Å². The molecule has 0 saturated carbocycles. The van der Waals surface area contributed by atoms with Crippen molar-refractivity contribution in [2.45, 2.75) is 25.4 Å². The van der Waals surface area contributed by atoms with Crippen LogP contribution in [0.1, 0.15) is 30.9 Å². The van der Waals surface area contributed by atoms with E-state index in [0.29, 0.717) is 0 Å². The van der Waals surface area contributed by atoms with Crippen molar-refractivity contribution in [1.82, 2.24) is 0 Å². The molecular formula is C17H21NO. The number of hydrogen-bond donors (Lipinski definition) is 1. The molecule has 0 fully saturated rings. The number of para-hydroxylation sites is 1. The van der Waals surface area contributed by atoms with Crippen molar-refractivity contribution in [3.05, 3.63) is 66.2 Å². The maximum absolute atomic E-state index is 6.11. The zero-order chi connectivity index (χ0) is 13.3. The van der Waals surface area contributed by atoms with Crippen LogP contribution in [-0.2, 0) is 0 Å². The smallest absolute Gasteiger partial charge is 0.124 e. The molecule has 0 saturated heterocycles. The highest BCUT2D eigenvalue weighted by atomic mass is 16.5. The fourth-order valence-corrected chi connectivity index (χ4v) is 2.10. The van der Waals surface area contributed by atoms with E-state index in [-0.39, 0.29) is 6.10 Å². The number of ether oxygens (including phenoxy) is 1. The second kappa shape index (κ2) is 7.59. The largest absolute Gasteiger partial charge is 0.486 e. The minimum atomic E-state index is 0.107. The highest BCUT2D eigenvalue weighted by Gasteiger charge is 2.12. The molecule has 2 N–H and O–H groups in total. The van der Waals surface area contributed by atoms with Crippen molar-refractivity contribution in [3.63, 3.8) is 0 Å². The van der Waals surface area contributed by atoms with Crippen LogP contribution < -0.4 is 10.5 Å². The maximum atomic E-state index is 6.11. The molecule has 0 aliphatic rings. The Morgan fingerprint density at radius 1 is 0.842 bits per heavy atom. The minimum absolute atomic E-state index is 0.107. The highest BCUT2D eigenvalue weighted by Crippen LogP contribution is 2.26. The Bertz CT molecular complexity index is 455. The molecule has 0 heterocycles.